The number of benzene rings is 2. The number of nitrogens with one attached hydrogen (secondary N) is 1. The van der Waals surface area contributed by atoms with Crippen LogP contribution in [0.2, 0.25) is 0 Å². The fourth-order valence-corrected chi connectivity index (χ4v) is 2.76. The van der Waals surface area contributed by atoms with Gasteiger partial charge in [-0.3, -0.25) is 0 Å². The molecule has 0 bridgehead atoms. The van der Waals surface area contributed by atoms with E-state index in [4.69, 9.17) is 5.26 Å². The quantitative estimate of drug-likeness (QED) is 0.805. The first-order valence-electron chi connectivity index (χ1n) is 7.11. The molecule has 2 rings (SSSR count). The highest BCUT2D eigenvalue weighted by atomic mass is 32.2. The molecule has 2 aromatic carbocycles. The van der Waals surface area contributed by atoms with E-state index in [1.165, 1.54) is 16.0 Å². The van der Waals surface area contributed by atoms with Crippen molar-refractivity contribution in [2.24, 2.45) is 0 Å². The summed E-state index contributed by atoms with van der Waals surface area (Å²) >= 11 is 1.80. The van der Waals surface area contributed by atoms with E-state index in [0.29, 0.717) is 6.04 Å². The molecule has 1 N–H and O–H groups in total. The van der Waals surface area contributed by atoms with Crippen LogP contribution in [-0.4, -0.2) is 6.04 Å². The van der Waals surface area contributed by atoms with Crippen molar-refractivity contribution in [2.45, 2.75) is 37.1 Å². The molecule has 0 atom stereocenters. The van der Waals surface area contributed by atoms with Gasteiger partial charge in [0.1, 0.15) is 0 Å². The van der Waals surface area contributed by atoms with Gasteiger partial charge in [-0.1, -0.05) is 38.1 Å². The van der Waals surface area contributed by atoms with Gasteiger partial charge in [-0.2, -0.15) is 5.26 Å². The van der Waals surface area contributed by atoms with E-state index in [1.807, 2.05) is 18.2 Å². The molecule has 0 fully saturated rings. The third-order valence-electron chi connectivity index (χ3n) is 3.10. The van der Waals surface area contributed by atoms with Gasteiger partial charge in [-0.15, -0.1) is 11.8 Å². The Kier molecular flexibility index (Phi) is 5.86. The molecule has 0 unspecified atom stereocenters. The number of nitriles is 1. The van der Waals surface area contributed by atoms with Crippen molar-refractivity contribution in [3.63, 3.8) is 0 Å². The van der Waals surface area contributed by atoms with E-state index >= 15 is 0 Å². The number of hydrogen-bond acceptors (Lipinski definition) is 3. The highest BCUT2D eigenvalue weighted by Gasteiger charge is 2.00. The topological polar surface area (TPSA) is 35.8 Å². The van der Waals surface area contributed by atoms with Crippen LogP contribution in [0, 0.1) is 11.3 Å². The Morgan fingerprint density at radius 1 is 1.10 bits per heavy atom. The number of thioether (sulfide) groups is 1. The molecule has 2 aromatic rings. The van der Waals surface area contributed by atoms with Crippen molar-refractivity contribution < 1.29 is 0 Å². The van der Waals surface area contributed by atoms with E-state index in [1.54, 1.807) is 11.8 Å². The van der Waals surface area contributed by atoms with E-state index in [-0.39, 0.29) is 0 Å². The zero-order valence-electron chi connectivity index (χ0n) is 12.5. The van der Waals surface area contributed by atoms with Gasteiger partial charge >= 0.3 is 0 Å². The van der Waals surface area contributed by atoms with E-state index in [2.05, 4.69) is 55.6 Å². The second kappa shape index (κ2) is 7.87. The highest BCUT2D eigenvalue weighted by Crippen LogP contribution is 2.23. The molecule has 108 valence electrons. The Morgan fingerprint density at radius 2 is 1.86 bits per heavy atom. The van der Waals surface area contributed by atoms with Crippen LogP contribution in [0.3, 0.4) is 0 Å². The molecule has 0 spiro atoms. The number of hydrogen-bond donors (Lipinski definition) is 1. The summed E-state index contributed by atoms with van der Waals surface area (Å²) in [6, 6.07) is 19.1. The summed E-state index contributed by atoms with van der Waals surface area (Å²) in [4.78, 5) is 1.26. The number of nitrogens with zero attached hydrogens (tertiary/aromatic N) is 1. The van der Waals surface area contributed by atoms with Crippen LogP contribution < -0.4 is 5.32 Å². The minimum Gasteiger partial charge on any atom is -0.310 e. The van der Waals surface area contributed by atoms with Crippen molar-refractivity contribution in [3.8, 4) is 6.07 Å². The molecule has 0 radical (unpaired) electrons. The summed E-state index contributed by atoms with van der Waals surface area (Å²) in [6.45, 7) is 5.21. The number of rotatable bonds is 6. The molecule has 0 aromatic heterocycles. The van der Waals surface area contributed by atoms with Gasteiger partial charge in [-0.25, -0.2) is 0 Å². The van der Waals surface area contributed by atoms with Gasteiger partial charge in [0, 0.05) is 23.2 Å². The van der Waals surface area contributed by atoms with Crippen LogP contribution in [0.15, 0.2) is 53.4 Å². The lowest BCUT2D eigenvalue weighted by Gasteiger charge is -2.08. The predicted octanol–water partition coefficient (Wildman–Crippen LogP) is 4.35. The Balaban J connectivity index is 1.90. The van der Waals surface area contributed by atoms with Gasteiger partial charge < -0.3 is 5.32 Å². The summed E-state index contributed by atoms with van der Waals surface area (Å²) in [7, 11) is 0. The molecule has 0 aliphatic heterocycles. The van der Waals surface area contributed by atoms with Crippen LogP contribution in [0.1, 0.15) is 30.5 Å². The molecule has 0 saturated heterocycles. The maximum atomic E-state index is 8.90. The van der Waals surface area contributed by atoms with Crippen LogP contribution >= 0.6 is 11.8 Å². The lowest BCUT2D eigenvalue weighted by Crippen LogP contribution is -2.21. The zero-order valence-corrected chi connectivity index (χ0v) is 13.3. The second-order valence-electron chi connectivity index (χ2n) is 5.28. The zero-order chi connectivity index (χ0) is 15.1. The van der Waals surface area contributed by atoms with Crippen LogP contribution in [0.5, 0.6) is 0 Å². The lowest BCUT2D eigenvalue weighted by molar-refractivity contribution is 0.588. The first kappa shape index (κ1) is 15.6. The lowest BCUT2D eigenvalue weighted by atomic mass is 10.2. The first-order valence-corrected chi connectivity index (χ1v) is 8.10. The van der Waals surface area contributed by atoms with Gasteiger partial charge in [0.25, 0.3) is 0 Å². The summed E-state index contributed by atoms with van der Waals surface area (Å²) in [5, 5.41) is 12.3. The van der Waals surface area contributed by atoms with E-state index < -0.39 is 0 Å². The summed E-state index contributed by atoms with van der Waals surface area (Å²) in [6.07, 6.45) is 0. The maximum Gasteiger partial charge on any atom is 0.0991 e. The SMILES string of the molecule is CC(C)NCc1ccc(SCc2cccc(C#N)c2)cc1. The summed E-state index contributed by atoms with van der Waals surface area (Å²) in [5.74, 6) is 0.888. The molecule has 0 amide bonds. The molecule has 0 heterocycles. The van der Waals surface area contributed by atoms with Crippen molar-refractivity contribution >= 4 is 11.8 Å². The first-order chi connectivity index (χ1) is 10.2. The fourth-order valence-electron chi connectivity index (χ4n) is 1.92. The van der Waals surface area contributed by atoms with Gasteiger partial charge in [0.05, 0.1) is 11.6 Å². The Hall–Kier alpha value is -1.76. The Bertz CT molecular complexity index is 612. The van der Waals surface area contributed by atoms with Crippen molar-refractivity contribution in [2.75, 3.05) is 0 Å². The van der Waals surface area contributed by atoms with Crippen molar-refractivity contribution in [1.29, 1.82) is 5.26 Å². The Labute approximate surface area is 131 Å². The van der Waals surface area contributed by atoms with E-state index in [9.17, 15) is 0 Å². The van der Waals surface area contributed by atoms with Crippen molar-refractivity contribution in [3.05, 3.63) is 65.2 Å². The maximum absolute atomic E-state index is 8.90. The highest BCUT2D eigenvalue weighted by molar-refractivity contribution is 7.98. The molecule has 21 heavy (non-hydrogen) atoms. The van der Waals surface area contributed by atoms with Crippen molar-refractivity contribution in [1.82, 2.24) is 5.32 Å². The average Bonchev–Trinajstić information content (AvgIpc) is 2.52. The molecule has 2 nitrogen and oxygen atoms in total. The molecule has 0 saturated carbocycles. The van der Waals surface area contributed by atoms with Crippen LogP contribution in [0.4, 0.5) is 0 Å². The minimum atomic E-state index is 0.506. The van der Waals surface area contributed by atoms with Crippen LogP contribution in [-0.2, 0) is 12.3 Å². The summed E-state index contributed by atoms with van der Waals surface area (Å²) < 4.78 is 0. The smallest absolute Gasteiger partial charge is 0.0991 e. The van der Waals surface area contributed by atoms with Gasteiger partial charge in [-0.05, 0) is 35.4 Å². The van der Waals surface area contributed by atoms with Crippen LogP contribution in [0.25, 0.3) is 0 Å². The third kappa shape index (κ3) is 5.26. The van der Waals surface area contributed by atoms with Gasteiger partial charge in [0.15, 0.2) is 0 Å². The van der Waals surface area contributed by atoms with E-state index in [0.717, 1.165) is 17.9 Å². The third-order valence-corrected chi connectivity index (χ3v) is 4.18. The fraction of sp³-hybridized carbons (Fsp3) is 0.278. The Morgan fingerprint density at radius 3 is 2.52 bits per heavy atom. The molecule has 3 heteroatoms. The molecule has 0 aliphatic carbocycles. The monoisotopic (exact) mass is 296 g/mol. The minimum absolute atomic E-state index is 0.506. The predicted molar refractivity (Wildman–Crippen MR) is 89.1 cm³/mol. The normalized spacial score (nSPS) is 10.6. The standard InChI is InChI=1S/C18H20N2S/c1-14(2)20-12-15-6-8-18(9-7-15)21-13-17-5-3-4-16(10-17)11-19/h3-10,14,20H,12-13H2,1-2H3. The largest absolute Gasteiger partial charge is 0.310 e. The second-order valence-corrected chi connectivity index (χ2v) is 6.33. The molecular formula is C18H20N2S. The summed E-state index contributed by atoms with van der Waals surface area (Å²) in [5.41, 5.74) is 3.22. The molecule has 0 aliphatic rings. The molecular weight excluding hydrogens is 276 g/mol. The average molecular weight is 296 g/mol. The van der Waals surface area contributed by atoms with Gasteiger partial charge in [0.2, 0.25) is 0 Å².